The van der Waals surface area contributed by atoms with Gasteiger partial charge >= 0.3 is 6.09 Å². The zero-order chi connectivity index (χ0) is 32.9. The first-order valence-electron chi connectivity index (χ1n) is 16.4. The van der Waals surface area contributed by atoms with Gasteiger partial charge in [-0.1, -0.05) is 86.2 Å². The summed E-state index contributed by atoms with van der Waals surface area (Å²) in [7, 11) is 2.83. The number of likely N-dealkylation sites (tertiary alicyclic amines) is 1. The second-order valence-electron chi connectivity index (χ2n) is 12.4. The van der Waals surface area contributed by atoms with Gasteiger partial charge in [-0.2, -0.15) is 0 Å². The number of nitrogens with zero attached hydrogens (tertiary/aromatic N) is 2. The van der Waals surface area contributed by atoms with Gasteiger partial charge in [0, 0.05) is 37.5 Å². The highest BCUT2D eigenvalue weighted by Gasteiger charge is 2.32. The lowest BCUT2D eigenvalue weighted by atomic mass is 9.84. The van der Waals surface area contributed by atoms with Crippen molar-refractivity contribution in [3.63, 3.8) is 0 Å². The van der Waals surface area contributed by atoms with Crippen LogP contribution < -0.4 is 10.6 Å². The minimum atomic E-state index is -1.02. The first-order chi connectivity index (χ1) is 22.2. The van der Waals surface area contributed by atoms with Gasteiger partial charge in [0.1, 0.15) is 18.7 Å². The van der Waals surface area contributed by atoms with Gasteiger partial charge in [0.15, 0.2) is 0 Å². The van der Waals surface area contributed by atoms with E-state index in [4.69, 9.17) is 21.2 Å². The fraction of sp³-hybridized carbons (Fsp3) is 0.543. The average molecular weight is 655 g/mol. The summed E-state index contributed by atoms with van der Waals surface area (Å²) >= 11 is 6.05. The van der Waals surface area contributed by atoms with Crippen LogP contribution in [0.1, 0.15) is 81.3 Å². The van der Waals surface area contributed by atoms with E-state index in [1.54, 1.807) is 24.3 Å². The van der Waals surface area contributed by atoms with Crippen molar-refractivity contribution >= 4 is 35.4 Å². The molecule has 3 atom stereocenters. The van der Waals surface area contributed by atoms with Crippen LogP contribution in [0.15, 0.2) is 54.6 Å². The molecule has 10 nitrogen and oxygen atoms in total. The number of amides is 4. The van der Waals surface area contributed by atoms with Gasteiger partial charge in [0.05, 0.1) is 7.11 Å². The average Bonchev–Trinajstić information content (AvgIpc) is 3.09. The maximum absolute atomic E-state index is 13.7. The number of likely N-dealkylation sites (N-methyl/N-ethyl adjacent to an activating group) is 1. The molecule has 4 rings (SSSR count). The molecule has 2 aliphatic rings. The predicted molar refractivity (Wildman–Crippen MR) is 176 cm³/mol. The molecule has 1 saturated carbocycles. The maximum atomic E-state index is 13.7. The third-order valence-corrected chi connectivity index (χ3v) is 9.29. The highest BCUT2D eigenvalue weighted by molar-refractivity contribution is 6.30. The number of hydroxylamine groups is 2. The third kappa shape index (κ3) is 10.7. The van der Waals surface area contributed by atoms with E-state index in [1.165, 1.54) is 19.7 Å². The molecule has 0 radical (unpaired) electrons. The molecule has 4 amide bonds. The Morgan fingerprint density at radius 3 is 2.43 bits per heavy atom. The number of ether oxygens (including phenoxy) is 1. The van der Waals surface area contributed by atoms with Gasteiger partial charge in [0.25, 0.3) is 5.91 Å². The van der Waals surface area contributed by atoms with Gasteiger partial charge in [-0.25, -0.2) is 9.86 Å². The van der Waals surface area contributed by atoms with Crippen molar-refractivity contribution in [2.24, 2.45) is 5.92 Å². The summed E-state index contributed by atoms with van der Waals surface area (Å²) in [6.45, 7) is 1.28. The highest BCUT2D eigenvalue weighted by atomic mass is 35.5. The van der Waals surface area contributed by atoms with Crippen molar-refractivity contribution in [1.82, 2.24) is 20.6 Å². The van der Waals surface area contributed by atoms with Gasteiger partial charge < -0.3 is 20.3 Å². The Bertz CT molecular complexity index is 1310. The number of hydrogen-bond acceptors (Lipinski definition) is 6. The molecule has 1 aliphatic heterocycles. The third-order valence-electron chi connectivity index (χ3n) is 9.05. The number of piperidine rings is 1. The fourth-order valence-corrected chi connectivity index (χ4v) is 6.63. The molecule has 46 heavy (non-hydrogen) atoms. The number of carbonyl (C=O) groups is 4. The number of carbonyl (C=O) groups excluding carboxylic acids is 4. The van der Waals surface area contributed by atoms with Gasteiger partial charge in [0.2, 0.25) is 11.8 Å². The molecule has 0 spiro atoms. The van der Waals surface area contributed by atoms with E-state index in [-0.39, 0.29) is 37.2 Å². The van der Waals surface area contributed by atoms with Crippen LogP contribution in [-0.4, -0.2) is 73.1 Å². The SMILES string of the molecule is CON(C)C(=O)[C@@H](CCC(=O)N1CCCC(c2ccccc2)C1)NC(=O)[C@@H](CC1CCCCC1)NC(=O)OCc1cccc(Cl)c1. The minimum absolute atomic E-state index is 0.00630. The van der Waals surface area contributed by atoms with Crippen LogP contribution in [0.25, 0.3) is 0 Å². The second kappa shape index (κ2) is 17.9. The summed E-state index contributed by atoms with van der Waals surface area (Å²) in [4.78, 5) is 60.2. The zero-order valence-electron chi connectivity index (χ0n) is 26.9. The fourth-order valence-electron chi connectivity index (χ4n) is 6.41. The molecule has 2 fully saturated rings. The molecule has 1 aliphatic carbocycles. The van der Waals surface area contributed by atoms with Crippen LogP contribution in [-0.2, 0) is 30.6 Å². The van der Waals surface area contributed by atoms with E-state index in [0.717, 1.165) is 55.6 Å². The number of rotatable bonds is 13. The molecular formula is C35H47ClN4O6. The van der Waals surface area contributed by atoms with Crippen molar-refractivity contribution < 1.29 is 28.8 Å². The molecule has 0 bridgehead atoms. The quantitative estimate of drug-likeness (QED) is 0.272. The van der Waals surface area contributed by atoms with Gasteiger partial charge in [-0.05, 0) is 54.9 Å². The van der Waals surface area contributed by atoms with E-state index >= 15 is 0 Å². The van der Waals surface area contributed by atoms with Crippen molar-refractivity contribution in [3.05, 3.63) is 70.7 Å². The van der Waals surface area contributed by atoms with Crippen LogP contribution in [0.5, 0.6) is 0 Å². The van der Waals surface area contributed by atoms with E-state index in [2.05, 4.69) is 22.8 Å². The van der Waals surface area contributed by atoms with Crippen LogP contribution in [0.3, 0.4) is 0 Å². The maximum Gasteiger partial charge on any atom is 0.408 e. The zero-order valence-corrected chi connectivity index (χ0v) is 27.7. The largest absolute Gasteiger partial charge is 0.445 e. The standard InChI is InChI=1S/C35H47ClN4O6/c1-39(45-2)34(43)30(18-19-32(41)40-20-10-16-28(23-40)27-14-7-4-8-15-27)37-33(42)31(22-25-11-5-3-6-12-25)38-35(44)46-24-26-13-9-17-29(36)21-26/h4,7-9,13-15,17,21,25,28,30-31H,3,5-6,10-12,16,18-20,22-24H2,1-2H3,(H,37,42)(H,38,44)/t28?,30-,31-/m1/s1. The smallest absolute Gasteiger partial charge is 0.408 e. The molecule has 11 heteroatoms. The summed E-state index contributed by atoms with van der Waals surface area (Å²) in [5.74, 6) is -0.519. The lowest BCUT2D eigenvalue weighted by Gasteiger charge is -2.33. The summed E-state index contributed by atoms with van der Waals surface area (Å²) in [5.41, 5.74) is 1.93. The molecule has 250 valence electrons. The number of halogens is 1. The van der Waals surface area contributed by atoms with Crippen molar-refractivity contribution in [2.45, 2.75) is 88.8 Å². The van der Waals surface area contributed by atoms with Crippen LogP contribution in [0.4, 0.5) is 4.79 Å². The topological polar surface area (TPSA) is 117 Å². The summed E-state index contributed by atoms with van der Waals surface area (Å²) in [6.07, 6.45) is 7.01. The van der Waals surface area contributed by atoms with Crippen molar-refractivity contribution in [3.8, 4) is 0 Å². The molecule has 1 saturated heterocycles. The van der Waals surface area contributed by atoms with E-state index in [1.807, 2.05) is 23.1 Å². The Balaban J connectivity index is 1.40. The monoisotopic (exact) mass is 654 g/mol. The second-order valence-corrected chi connectivity index (χ2v) is 12.8. The molecule has 1 unspecified atom stereocenters. The van der Waals surface area contributed by atoms with Crippen LogP contribution in [0, 0.1) is 5.92 Å². The molecule has 0 aromatic heterocycles. The number of nitrogens with one attached hydrogen (secondary N) is 2. The Morgan fingerprint density at radius 2 is 1.72 bits per heavy atom. The number of benzene rings is 2. The Labute approximate surface area is 277 Å². The first-order valence-corrected chi connectivity index (χ1v) is 16.7. The Kier molecular flexibility index (Phi) is 13.7. The normalized spacial score (nSPS) is 18.2. The lowest BCUT2D eigenvalue weighted by Crippen LogP contribution is -2.54. The van der Waals surface area contributed by atoms with Gasteiger partial charge in [-0.15, -0.1) is 0 Å². The lowest BCUT2D eigenvalue weighted by molar-refractivity contribution is -0.172. The molecule has 2 aromatic rings. The first kappa shape index (κ1) is 35.2. The number of hydrogen-bond donors (Lipinski definition) is 2. The summed E-state index contributed by atoms with van der Waals surface area (Å²) in [5, 5.41) is 7.14. The van der Waals surface area contributed by atoms with Crippen LogP contribution >= 0.6 is 11.6 Å². The molecule has 1 heterocycles. The van der Waals surface area contributed by atoms with Gasteiger partial charge in [-0.3, -0.25) is 19.2 Å². The number of alkyl carbamates (subject to hydrolysis) is 1. The Morgan fingerprint density at radius 1 is 0.957 bits per heavy atom. The summed E-state index contributed by atoms with van der Waals surface area (Å²) in [6, 6.07) is 15.3. The Hall–Kier alpha value is -3.63. The van der Waals surface area contributed by atoms with Crippen molar-refractivity contribution in [1.29, 1.82) is 0 Å². The van der Waals surface area contributed by atoms with E-state index in [9.17, 15) is 19.2 Å². The predicted octanol–water partition coefficient (Wildman–Crippen LogP) is 5.60. The minimum Gasteiger partial charge on any atom is -0.445 e. The highest BCUT2D eigenvalue weighted by Crippen LogP contribution is 2.29. The molecule has 2 aromatic carbocycles. The molecular weight excluding hydrogens is 608 g/mol. The van der Waals surface area contributed by atoms with E-state index in [0.29, 0.717) is 24.5 Å². The van der Waals surface area contributed by atoms with Crippen molar-refractivity contribution in [2.75, 3.05) is 27.2 Å². The summed E-state index contributed by atoms with van der Waals surface area (Å²) < 4.78 is 5.41. The van der Waals surface area contributed by atoms with E-state index < -0.39 is 30.0 Å². The molecule has 2 N–H and O–H groups in total. The van der Waals surface area contributed by atoms with Crippen LogP contribution in [0.2, 0.25) is 5.02 Å².